The highest BCUT2D eigenvalue weighted by Crippen LogP contribution is 2.32. The zero-order valence-corrected chi connectivity index (χ0v) is 26.5. The van der Waals surface area contributed by atoms with E-state index in [0.717, 1.165) is 32.1 Å². The maximum Gasteiger partial charge on any atom is 0.305 e. The van der Waals surface area contributed by atoms with Crippen molar-refractivity contribution in [1.29, 1.82) is 0 Å². The number of fused-ring (bicyclic) bond motifs is 1. The third kappa shape index (κ3) is 7.81. The standard InChI is InChI=1S/C30H44N6O6S/c1-5-8-9-10-12-26(37)42-20-19-35-15-17-36(18-16-35)43(39,40)22-13-14-25(41-7-3)23(21-22)29-31-27-24(11-6-2)33-34(4)28(27)30(38)32-29/h13-14,21H,5-12,15-20H2,1-4H3,(H,31,32,38). The SMILES string of the molecule is CCCCCCC(=O)OCCN1CCN(S(=O)(=O)c2ccc(OCC)c(-c3nc4c(CCC)nn(C)c4c(=O)[nH]3)c2)CC1. The van der Waals surface area contributed by atoms with Crippen LogP contribution in [0.1, 0.15) is 65.0 Å². The molecule has 13 heteroatoms. The van der Waals surface area contributed by atoms with Gasteiger partial charge in [0.25, 0.3) is 5.56 Å². The quantitative estimate of drug-likeness (QED) is 0.201. The van der Waals surface area contributed by atoms with Gasteiger partial charge in [0.1, 0.15) is 23.7 Å². The van der Waals surface area contributed by atoms with Gasteiger partial charge in [0.15, 0.2) is 5.52 Å². The lowest BCUT2D eigenvalue weighted by Crippen LogP contribution is -2.49. The molecule has 0 radical (unpaired) electrons. The Hall–Kier alpha value is -3.29. The van der Waals surface area contributed by atoms with Gasteiger partial charge in [-0.2, -0.15) is 9.40 Å². The van der Waals surface area contributed by atoms with Crippen LogP contribution >= 0.6 is 0 Å². The molecule has 1 aliphatic heterocycles. The highest BCUT2D eigenvalue weighted by molar-refractivity contribution is 7.89. The molecule has 0 bridgehead atoms. The van der Waals surface area contributed by atoms with Crippen LogP contribution in [-0.4, -0.2) is 89.3 Å². The van der Waals surface area contributed by atoms with Gasteiger partial charge in [-0.15, -0.1) is 0 Å². The molecule has 3 aromatic rings. The van der Waals surface area contributed by atoms with E-state index in [2.05, 4.69) is 21.9 Å². The van der Waals surface area contributed by atoms with Crippen LogP contribution in [-0.2, 0) is 33.0 Å². The summed E-state index contributed by atoms with van der Waals surface area (Å²) < 4.78 is 41.6. The average Bonchev–Trinajstić information content (AvgIpc) is 3.31. The van der Waals surface area contributed by atoms with E-state index in [1.807, 2.05) is 13.8 Å². The van der Waals surface area contributed by atoms with Crippen molar-refractivity contribution in [1.82, 2.24) is 29.0 Å². The maximum absolute atomic E-state index is 13.7. The Bertz CT molecular complexity index is 1560. The van der Waals surface area contributed by atoms with Gasteiger partial charge in [0.2, 0.25) is 10.0 Å². The number of nitrogens with zero attached hydrogens (tertiary/aromatic N) is 5. The maximum atomic E-state index is 13.7. The molecule has 43 heavy (non-hydrogen) atoms. The van der Waals surface area contributed by atoms with E-state index in [9.17, 15) is 18.0 Å². The number of esters is 1. The summed E-state index contributed by atoms with van der Waals surface area (Å²) in [5, 5.41) is 4.47. The van der Waals surface area contributed by atoms with Crippen molar-refractivity contribution in [2.24, 2.45) is 7.05 Å². The molecule has 1 aromatic carbocycles. The number of ether oxygens (including phenoxy) is 2. The molecule has 0 unspecified atom stereocenters. The lowest BCUT2D eigenvalue weighted by Gasteiger charge is -2.33. The van der Waals surface area contributed by atoms with Gasteiger partial charge in [-0.05, 0) is 38.0 Å². The topological polar surface area (TPSA) is 140 Å². The highest BCUT2D eigenvalue weighted by Gasteiger charge is 2.30. The summed E-state index contributed by atoms with van der Waals surface area (Å²) in [7, 11) is -2.13. The Balaban J connectivity index is 1.48. The summed E-state index contributed by atoms with van der Waals surface area (Å²) in [4.78, 5) is 34.8. The summed E-state index contributed by atoms with van der Waals surface area (Å²) in [5.74, 6) is 0.478. The Labute approximate surface area is 253 Å². The van der Waals surface area contributed by atoms with Gasteiger partial charge in [0, 0.05) is 46.2 Å². The second-order valence-electron chi connectivity index (χ2n) is 10.8. The Morgan fingerprint density at radius 2 is 1.81 bits per heavy atom. The number of carbonyl (C=O) groups is 1. The molecule has 3 heterocycles. The molecule has 0 amide bonds. The molecule has 1 aliphatic rings. The summed E-state index contributed by atoms with van der Waals surface area (Å²) in [6, 6.07) is 4.66. The normalized spacial score (nSPS) is 14.8. The van der Waals surface area contributed by atoms with Crippen LogP contribution in [0.15, 0.2) is 27.9 Å². The molecule has 1 N–H and O–H groups in total. The predicted octanol–water partition coefficient (Wildman–Crippen LogP) is 3.49. The molecular weight excluding hydrogens is 572 g/mol. The van der Waals surface area contributed by atoms with Gasteiger partial charge in [0.05, 0.1) is 22.8 Å². The molecular formula is C30H44N6O6S. The first kappa shape index (κ1) is 32.6. The van der Waals surface area contributed by atoms with Crippen LogP contribution in [0, 0.1) is 0 Å². The highest BCUT2D eigenvalue weighted by atomic mass is 32.2. The number of hydrogen-bond donors (Lipinski definition) is 1. The third-order valence-corrected chi connectivity index (χ3v) is 9.52. The van der Waals surface area contributed by atoms with Gasteiger partial charge in [-0.25, -0.2) is 13.4 Å². The largest absolute Gasteiger partial charge is 0.493 e. The first-order chi connectivity index (χ1) is 20.7. The van der Waals surface area contributed by atoms with Crippen LogP contribution in [0.2, 0.25) is 0 Å². The summed E-state index contributed by atoms with van der Waals surface area (Å²) in [6.45, 7) is 8.91. The van der Waals surface area contributed by atoms with Crippen molar-refractivity contribution < 1.29 is 22.7 Å². The van der Waals surface area contributed by atoms with E-state index in [1.54, 1.807) is 13.1 Å². The van der Waals surface area contributed by atoms with Crippen molar-refractivity contribution in [2.45, 2.75) is 70.6 Å². The van der Waals surface area contributed by atoms with Crippen molar-refractivity contribution in [3.05, 3.63) is 34.2 Å². The number of carbonyl (C=O) groups excluding carboxylic acids is 1. The second-order valence-corrected chi connectivity index (χ2v) is 12.7. The van der Waals surface area contributed by atoms with Gasteiger partial charge < -0.3 is 14.5 Å². The van der Waals surface area contributed by atoms with Gasteiger partial charge >= 0.3 is 5.97 Å². The number of sulfonamides is 1. The zero-order valence-electron chi connectivity index (χ0n) is 25.7. The van der Waals surface area contributed by atoms with Crippen LogP contribution in [0.4, 0.5) is 0 Å². The smallest absolute Gasteiger partial charge is 0.305 e. The number of hydrogen-bond acceptors (Lipinski definition) is 9. The Morgan fingerprint density at radius 3 is 2.51 bits per heavy atom. The Kier molecular flexibility index (Phi) is 11.3. The number of benzene rings is 1. The van der Waals surface area contributed by atoms with E-state index in [0.29, 0.717) is 86.8 Å². The number of unbranched alkanes of at least 4 members (excludes halogenated alkanes) is 3. The fourth-order valence-electron chi connectivity index (χ4n) is 5.31. The minimum Gasteiger partial charge on any atom is -0.493 e. The fraction of sp³-hybridized carbons (Fsp3) is 0.600. The van der Waals surface area contributed by atoms with Crippen LogP contribution in [0.5, 0.6) is 5.75 Å². The first-order valence-electron chi connectivity index (χ1n) is 15.3. The lowest BCUT2D eigenvalue weighted by molar-refractivity contribution is -0.144. The van der Waals surface area contributed by atoms with Crippen LogP contribution < -0.4 is 10.3 Å². The first-order valence-corrected chi connectivity index (χ1v) is 16.7. The molecule has 4 rings (SSSR count). The molecule has 0 saturated carbocycles. The minimum atomic E-state index is -3.83. The molecule has 2 aromatic heterocycles. The number of rotatable bonds is 15. The molecule has 0 aliphatic carbocycles. The van der Waals surface area contributed by atoms with Crippen LogP contribution in [0.25, 0.3) is 22.4 Å². The van der Waals surface area contributed by atoms with Gasteiger partial charge in [-0.3, -0.25) is 19.2 Å². The number of aromatic nitrogens is 4. The molecule has 0 spiro atoms. The number of piperazine rings is 1. The predicted molar refractivity (Wildman–Crippen MR) is 165 cm³/mol. The summed E-state index contributed by atoms with van der Waals surface area (Å²) in [6.07, 6.45) is 6.06. The van der Waals surface area contributed by atoms with Crippen molar-refractivity contribution in [3.63, 3.8) is 0 Å². The number of nitrogens with one attached hydrogen (secondary N) is 1. The van der Waals surface area contributed by atoms with E-state index >= 15 is 0 Å². The monoisotopic (exact) mass is 616 g/mol. The molecule has 0 atom stereocenters. The number of aromatic amines is 1. The number of aryl methyl sites for hydroxylation is 2. The minimum absolute atomic E-state index is 0.0964. The third-order valence-electron chi connectivity index (χ3n) is 7.63. The van der Waals surface area contributed by atoms with Crippen molar-refractivity contribution >= 4 is 27.0 Å². The van der Waals surface area contributed by atoms with Crippen molar-refractivity contribution in [2.75, 3.05) is 45.9 Å². The molecule has 1 saturated heterocycles. The van der Waals surface area contributed by atoms with E-state index < -0.39 is 10.0 Å². The molecule has 1 fully saturated rings. The van der Waals surface area contributed by atoms with E-state index in [-0.39, 0.29) is 22.2 Å². The molecule has 236 valence electrons. The lowest BCUT2D eigenvalue weighted by atomic mass is 10.1. The second kappa shape index (κ2) is 14.9. The van der Waals surface area contributed by atoms with E-state index in [4.69, 9.17) is 14.5 Å². The fourth-order valence-corrected chi connectivity index (χ4v) is 6.76. The van der Waals surface area contributed by atoms with Crippen molar-refractivity contribution in [3.8, 4) is 17.1 Å². The average molecular weight is 617 g/mol. The van der Waals surface area contributed by atoms with Crippen LogP contribution in [0.3, 0.4) is 0 Å². The summed E-state index contributed by atoms with van der Waals surface area (Å²) >= 11 is 0. The zero-order chi connectivity index (χ0) is 31.0. The number of H-pyrrole nitrogens is 1. The van der Waals surface area contributed by atoms with Gasteiger partial charge in [-0.1, -0.05) is 39.5 Å². The summed E-state index contributed by atoms with van der Waals surface area (Å²) in [5.41, 5.74) is 1.62. The molecule has 12 nitrogen and oxygen atoms in total. The Morgan fingerprint density at radius 1 is 1.05 bits per heavy atom. The van der Waals surface area contributed by atoms with E-state index in [1.165, 1.54) is 21.1 Å².